The summed E-state index contributed by atoms with van der Waals surface area (Å²) in [6.07, 6.45) is 2.98. The van der Waals surface area contributed by atoms with Crippen LogP contribution in [0.1, 0.15) is 36.8 Å². The van der Waals surface area contributed by atoms with Crippen molar-refractivity contribution < 1.29 is 9.50 Å². The molecule has 94 valence electrons. The first-order valence-electron chi connectivity index (χ1n) is 6.22. The molecule has 0 bridgehead atoms. The van der Waals surface area contributed by atoms with Gasteiger partial charge in [-0.1, -0.05) is 6.07 Å². The summed E-state index contributed by atoms with van der Waals surface area (Å²) in [5, 5.41) is 9.59. The van der Waals surface area contributed by atoms with E-state index in [1.165, 1.54) is 6.07 Å². The lowest BCUT2D eigenvalue weighted by atomic mass is 9.67. The second-order valence-corrected chi connectivity index (χ2v) is 5.17. The maximum atomic E-state index is 13.4. The molecule has 1 saturated carbocycles. The number of aliphatic hydroxyl groups is 1. The van der Waals surface area contributed by atoms with Crippen molar-refractivity contribution in [3.63, 3.8) is 0 Å². The first kappa shape index (κ1) is 12.5. The fraction of sp³-hybridized carbons (Fsp3) is 0.571. The van der Waals surface area contributed by atoms with Crippen LogP contribution in [0.4, 0.5) is 4.39 Å². The lowest BCUT2D eigenvalue weighted by Gasteiger charge is -2.39. The Labute approximate surface area is 102 Å². The largest absolute Gasteiger partial charge is 0.393 e. The number of nitrogens with two attached hydrogens (primary N) is 1. The summed E-state index contributed by atoms with van der Waals surface area (Å²) >= 11 is 0. The first-order valence-corrected chi connectivity index (χ1v) is 6.22. The van der Waals surface area contributed by atoms with Crippen LogP contribution >= 0.6 is 0 Å². The van der Waals surface area contributed by atoms with E-state index in [2.05, 4.69) is 0 Å². The second-order valence-electron chi connectivity index (χ2n) is 5.17. The molecule has 1 aromatic carbocycles. The maximum Gasteiger partial charge on any atom is 0.123 e. The van der Waals surface area contributed by atoms with E-state index in [9.17, 15) is 9.50 Å². The molecule has 0 heterocycles. The average Bonchev–Trinajstić information content (AvgIpc) is 2.34. The molecule has 2 rings (SSSR count). The van der Waals surface area contributed by atoms with E-state index in [4.69, 9.17) is 5.73 Å². The van der Waals surface area contributed by atoms with Crippen molar-refractivity contribution in [3.8, 4) is 0 Å². The van der Waals surface area contributed by atoms with Crippen LogP contribution in [0.15, 0.2) is 18.2 Å². The predicted molar refractivity (Wildman–Crippen MR) is 66.3 cm³/mol. The van der Waals surface area contributed by atoms with E-state index in [0.29, 0.717) is 6.54 Å². The Kier molecular flexibility index (Phi) is 3.50. The van der Waals surface area contributed by atoms with Gasteiger partial charge in [0.15, 0.2) is 0 Å². The molecular weight excluding hydrogens is 217 g/mol. The van der Waals surface area contributed by atoms with Crippen LogP contribution in [-0.4, -0.2) is 17.8 Å². The zero-order chi connectivity index (χ0) is 12.5. The third-order valence-corrected chi connectivity index (χ3v) is 4.07. The van der Waals surface area contributed by atoms with Gasteiger partial charge in [-0.25, -0.2) is 4.39 Å². The van der Waals surface area contributed by atoms with Crippen molar-refractivity contribution in [2.75, 3.05) is 6.54 Å². The third kappa shape index (κ3) is 2.35. The predicted octanol–water partition coefficient (Wildman–Crippen LogP) is 2.27. The van der Waals surface area contributed by atoms with Crippen molar-refractivity contribution in [1.82, 2.24) is 0 Å². The Hall–Kier alpha value is -0.930. The smallest absolute Gasteiger partial charge is 0.123 e. The molecule has 1 aliphatic carbocycles. The Morgan fingerprint density at radius 2 is 2.06 bits per heavy atom. The minimum Gasteiger partial charge on any atom is -0.393 e. The second kappa shape index (κ2) is 4.75. The molecule has 1 fully saturated rings. The Bertz CT molecular complexity index is 397. The number of hydrogen-bond acceptors (Lipinski definition) is 2. The number of hydrogen-bond donors (Lipinski definition) is 2. The molecule has 0 unspecified atom stereocenters. The molecule has 2 nitrogen and oxygen atoms in total. The summed E-state index contributed by atoms with van der Waals surface area (Å²) in [5.41, 5.74) is 7.89. The number of benzene rings is 1. The maximum absolute atomic E-state index is 13.4. The van der Waals surface area contributed by atoms with Gasteiger partial charge in [0.1, 0.15) is 5.82 Å². The number of halogens is 1. The highest BCUT2D eigenvalue weighted by Crippen LogP contribution is 2.40. The van der Waals surface area contributed by atoms with Crippen molar-refractivity contribution >= 4 is 0 Å². The SMILES string of the molecule is Cc1ccc(F)cc1C1(CN)CCC(O)CC1. The minimum absolute atomic E-state index is 0.147. The molecule has 0 radical (unpaired) electrons. The normalized spacial score (nSPS) is 29.3. The van der Waals surface area contributed by atoms with E-state index in [-0.39, 0.29) is 17.3 Å². The highest BCUT2D eigenvalue weighted by atomic mass is 19.1. The molecule has 0 aromatic heterocycles. The fourth-order valence-electron chi connectivity index (χ4n) is 2.90. The van der Waals surface area contributed by atoms with Crippen LogP contribution < -0.4 is 5.73 Å². The van der Waals surface area contributed by atoms with Crippen LogP contribution in [0.5, 0.6) is 0 Å². The van der Waals surface area contributed by atoms with Gasteiger partial charge in [-0.3, -0.25) is 0 Å². The van der Waals surface area contributed by atoms with Crippen molar-refractivity contribution in [2.45, 2.75) is 44.1 Å². The van der Waals surface area contributed by atoms with Crippen LogP contribution in [0.2, 0.25) is 0 Å². The molecule has 0 saturated heterocycles. The number of aliphatic hydroxyl groups excluding tert-OH is 1. The average molecular weight is 237 g/mol. The number of rotatable bonds is 2. The third-order valence-electron chi connectivity index (χ3n) is 4.07. The molecule has 0 amide bonds. The molecule has 0 aliphatic heterocycles. The monoisotopic (exact) mass is 237 g/mol. The van der Waals surface area contributed by atoms with Gasteiger partial charge in [0.05, 0.1) is 6.10 Å². The minimum atomic E-state index is -0.219. The van der Waals surface area contributed by atoms with Crippen LogP contribution in [-0.2, 0) is 5.41 Å². The summed E-state index contributed by atoms with van der Waals surface area (Å²) in [5.74, 6) is -0.204. The van der Waals surface area contributed by atoms with Gasteiger partial charge < -0.3 is 10.8 Å². The van der Waals surface area contributed by atoms with Crippen molar-refractivity contribution in [1.29, 1.82) is 0 Å². The Balaban J connectivity index is 2.37. The molecular formula is C14H20FNO. The fourth-order valence-corrected chi connectivity index (χ4v) is 2.90. The van der Waals surface area contributed by atoms with E-state index in [0.717, 1.165) is 36.8 Å². The van der Waals surface area contributed by atoms with Gasteiger partial charge >= 0.3 is 0 Å². The van der Waals surface area contributed by atoms with E-state index in [1.54, 1.807) is 6.07 Å². The summed E-state index contributed by atoms with van der Waals surface area (Å²) in [4.78, 5) is 0. The molecule has 17 heavy (non-hydrogen) atoms. The highest BCUT2D eigenvalue weighted by molar-refractivity contribution is 5.35. The zero-order valence-corrected chi connectivity index (χ0v) is 10.2. The van der Waals surface area contributed by atoms with Crippen LogP contribution in [0.3, 0.4) is 0 Å². The molecule has 3 heteroatoms. The first-order chi connectivity index (χ1) is 8.07. The van der Waals surface area contributed by atoms with Gasteiger partial charge in [-0.15, -0.1) is 0 Å². The number of aryl methyl sites for hydroxylation is 1. The molecule has 3 N–H and O–H groups in total. The van der Waals surface area contributed by atoms with Gasteiger partial charge in [-0.2, -0.15) is 0 Å². The van der Waals surface area contributed by atoms with Crippen molar-refractivity contribution in [2.24, 2.45) is 5.73 Å². The lowest BCUT2D eigenvalue weighted by molar-refractivity contribution is 0.0972. The Morgan fingerprint density at radius 3 is 2.65 bits per heavy atom. The lowest BCUT2D eigenvalue weighted by Crippen LogP contribution is -2.40. The van der Waals surface area contributed by atoms with Gasteiger partial charge in [-0.05, 0) is 55.9 Å². The Morgan fingerprint density at radius 1 is 1.41 bits per heavy atom. The quantitative estimate of drug-likeness (QED) is 0.828. The summed E-state index contributed by atoms with van der Waals surface area (Å²) in [6.45, 7) is 2.52. The van der Waals surface area contributed by atoms with Crippen LogP contribution in [0, 0.1) is 12.7 Å². The van der Waals surface area contributed by atoms with Gasteiger partial charge in [0.2, 0.25) is 0 Å². The van der Waals surface area contributed by atoms with E-state index < -0.39 is 0 Å². The highest BCUT2D eigenvalue weighted by Gasteiger charge is 2.36. The summed E-state index contributed by atoms with van der Waals surface area (Å²) in [6, 6.07) is 4.91. The summed E-state index contributed by atoms with van der Waals surface area (Å²) < 4.78 is 13.4. The van der Waals surface area contributed by atoms with Crippen molar-refractivity contribution in [3.05, 3.63) is 35.1 Å². The van der Waals surface area contributed by atoms with Gasteiger partial charge in [0, 0.05) is 12.0 Å². The van der Waals surface area contributed by atoms with Gasteiger partial charge in [0.25, 0.3) is 0 Å². The standard InChI is InChI=1S/C14H20FNO/c1-10-2-3-11(15)8-13(10)14(9-16)6-4-12(17)5-7-14/h2-3,8,12,17H,4-7,9,16H2,1H3. The van der Waals surface area contributed by atoms with Crippen LogP contribution in [0.25, 0.3) is 0 Å². The van der Waals surface area contributed by atoms with E-state index in [1.807, 2.05) is 13.0 Å². The molecule has 1 aromatic rings. The molecule has 0 atom stereocenters. The zero-order valence-electron chi connectivity index (χ0n) is 10.2. The molecule has 1 aliphatic rings. The topological polar surface area (TPSA) is 46.2 Å². The summed E-state index contributed by atoms with van der Waals surface area (Å²) in [7, 11) is 0. The van der Waals surface area contributed by atoms with E-state index >= 15 is 0 Å². The molecule has 0 spiro atoms.